The lowest BCUT2D eigenvalue weighted by Gasteiger charge is -2.28. The number of hydrogen-bond acceptors (Lipinski definition) is 13. The first-order valence-corrected chi connectivity index (χ1v) is 31.7. The Morgan fingerprint density at radius 3 is 1.61 bits per heavy atom. The van der Waals surface area contributed by atoms with Crippen LogP contribution in [0.25, 0.3) is 10.9 Å². The minimum Gasteiger partial charge on any atom is -0.481 e. The number of nitrogens with two attached hydrogens (primary N) is 2. The number of carbonyl (C=O) groups excluding carboxylic acids is 8. The molecule has 0 aliphatic heterocycles. The number of carbonyl (C=O) groups is 10. The third-order valence-corrected chi connectivity index (χ3v) is 15.3. The maximum absolute atomic E-state index is 14.5. The van der Waals surface area contributed by atoms with E-state index in [2.05, 4.69) is 59.1 Å². The lowest BCUT2D eigenvalue weighted by Crippen LogP contribution is -2.60. The lowest BCUT2D eigenvalue weighted by atomic mass is 10.00. The molecule has 85 heavy (non-hydrogen) atoms. The molecule has 0 saturated heterocycles. The Kier molecular flexibility index (Phi) is 34.9. The number of carboxylic acid groups (broad SMARTS) is 2. The number of imidazole rings is 1. The molecule has 7 atom stereocenters. The molecule has 2 aromatic heterocycles. The Hall–Kier alpha value is -7.02. The number of fused-ring (bicyclic) bond motifs is 1. The Balaban J connectivity index is 1.82. The Bertz CT molecular complexity index is 2550. The summed E-state index contributed by atoms with van der Waals surface area (Å²) in [5.74, 6) is -8.57. The number of rotatable bonds is 47. The van der Waals surface area contributed by atoms with Crippen LogP contribution in [-0.2, 0) is 60.8 Å². The van der Waals surface area contributed by atoms with Crippen LogP contribution < -0.4 is 48.7 Å². The summed E-state index contributed by atoms with van der Waals surface area (Å²) in [5.41, 5.74) is 13.1. The van der Waals surface area contributed by atoms with E-state index in [1.54, 1.807) is 32.4 Å². The van der Waals surface area contributed by atoms with Crippen molar-refractivity contribution in [2.75, 3.05) is 18.6 Å². The molecule has 0 fully saturated rings. The highest BCUT2D eigenvalue weighted by atomic mass is 32.2. The first-order valence-electron chi connectivity index (χ1n) is 30.3. The predicted octanol–water partition coefficient (Wildman–Crippen LogP) is 4.69. The minimum atomic E-state index is -1.51. The smallest absolute Gasteiger partial charge is 0.326 e. The van der Waals surface area contributed by atoms with Gasteiger partial charge in [-0.05, 0) is 87.5 Å². The van der Waals surface area contributed by atoms with Gasteiger partial charge in [-0.2, -0.15) is 11.8 Å². The fourth-order valence-corrected chi connectivity index (χ4v) is 10.3. The summed E-state index contributed by atoms with van der Waals surface area (Å²) in [7, 11) is 0. The third-order valence-electron chi connectivity index (χ3n) is 14.6. The van der Waals surface area contributed by atoms with E-state index in [4.69, 9.17) is 11.5 Å². The van der Waals surface area contributed by atoms with Crippen LogP contribution in [0.5, 0.6) is 0 Å². The molecule has 0 saturated carbocycles. The van der Waals surface area contributed by atoms with Crippen LogP contribution >= 0.6 is 11.8 Å². The van der Waals surface area contributed by atoms with Gasteiger partial charge in [0.15, 0.2) is 0 Å². The van der Waals surface area contributed by atoms with E-state index in [1.807, 2.05) is 18.2 Å². The van der Waals surface area contributed by atoms with Crippen molar-refractivity contribution < 1.29 is 58.2 Å². The SMILES string of the molecule is CCCCCCCCCCCCCCCC(=O)N[C@@H](CCC(=O)O)C(=O)N[C@@H](Cc1cnc[nH]1)C(=O)N[C@@H](CC(C)C)C(=O)N[C@@H](CCCCN)C(=O)N[C@@H](CCC(N)=O)C(=O)N[C@@H](Cc1c[nH]c2ccccc12)C(=O)N[C@@H](CCSC)C(=O)O. The number of aliphatic carboxylic acids is 2. The molecule has 0 aliphatic rings. The van der Waals surface area contributed by atoms with Crippen molar-refractivity contribution in [2.45, 2.75) is 224 Å². The quantitative estimate of drug-likeness (QED) is 0.0341. The number of carboxylic acids is 2. The van der Waals surface area contributed by atoms with Crippen molar-refractivity contribution in [3.8, 4) is 0 Å². The van der Waals surface area contributed by atoms with Crippen LogP contribution in [-0.4, -0.2) is 145 Å². The van der Waals surface area contributed by atoms with E-state index in [9.17, 15) is 58.2 Å². The molecular formula is C60H96N12O12S. The number of hydrogen-bond donors (Lipinski definition) is 13. The molecule has 8 amide bonds. The maximum atomic E-state index is 14.5. The van der Waals surface area contributed by atoms with E-state index in [-0.39, 0.29) is 70.3 Å². The molecular weight excluding hydrogens is 1110 g/mol. The van der Waals surface area contributed by atoms with E-state index in [0.717, 1.165) is 36.6 Å². The highest BCUT2D eigenvalue weighted by Crippen LogP contribution is 2.20. The van der Waals surface area contributed by atoms with E-state index in [0.29, 0.717) is 36.3 Å². The zero-order valence-corrected chi connectivity index (χ0v) is 51.1. The average Bonchev–Trinajstić information content (AvgIpc) is 4.34. The van der Waals surface area contributed by atoms with Gasteiger partial charge in [0, 0.05) is 61.1 Å². The summed E-state index contributed by atoms with van der Waals surface area (Å²) in [6, 6.07) is -2.33. The van der Waals surface area contributed by atoms with Crippen LogP contribution in [0, 0.1) is 5.92 Å². The zero-order chi connectivity index (χ0) is 62.5. The monoisotopic (exact) mass is 1210 g/mol. The van der Waals surface area contributed by atoms with Gasteiger partial charge in [-0.3, -0.25) is 43.2 Å². The Morgan fingerprint density at radius 2 is 1.07 bits per heavy atom. The number of aromatic nitrogens is 3. The fraction of sp³-hybridized carbons (Fsp3) is 0.650. The molecule has 0 bridgehead atoms. The van der Waals surface area contributed by atoms with E-state index >= 15 is 0 Å². The normalized spacial score (nSPS) is 13.8. The number of amides is 8. The molecule has 15 N–H and O–H groups in total. The highest BCUT2D eigenvalue weighted by Gasteiger charge is 2.35. The van der Waals surface area contributed by atoms with Gasteiger partial charge in [0.2, 0.25) is 47.3 Å². The van der Waals surface area contributed by atoms with Gasteiger partial charge in [0.05, 0.1) is 6.33 Å². The molecule has 24 nitrogen and oxygen atoms in total. The largest absolute Gasteiger partial charge is 0.481 e. The Labute approximate surface area is 504 Å². The summed E-state index contributed by atoms with van der Waals surface area (Å²) in [4.78, 5) is 145. The highest BCUT2D eigenvalue weighted by molar-refractivity contribution is 7.98. The number of unbranched alkanes of at least 4 members (excludes halogenated alkanes) is 13. The number of aromatic amines is 2. The molecule has 3 rings (SSSR count). The molecule has 0 aliphatic carbocycles. The van der Waals surface area contributed by atoms with Gasteiger partial charge in [0.25, 0.3) is 0 Å². The van der Waals surface area contributed by atoms with Crippen molar-refractivity contribution in [1.82, 2.24) is 52.2 Å². The number of primary amides is 1. The number of nitrogens with one attached hydrogen (secondary N) is 9. The van der Waals surface area contributed by atoms with Gasteiger partial charge in [-0.25, -0.2) is 9.78 Å². The summed E-state index contributed by atoms with van der Waals surface area (Å²) < 4.78 is 0. The second-order valence-corrected chi connectivity index (χ2v) is 23.3. The van der Waals surface area contributed by atoms with Crippen molar-refractivity contribution in [2.24, 2.45) is 17.4 Å². The van der Waals surface area contributed by atoms with E-state index < -0.39 is 108 Å². The first kappa shape index (κ1) is 72.2. The van der Waals surface area contributed by atoms with Crippen LogP contribution in [0.2, 0.25) is 0 Å². The van der Waals surface area contributed by atoms with Crippen molar-refractivity contribution >= 4 is 81.9 Å². The maximum Gasteiger partial charge on any atom is 0.326 e. The molecule has 1 aromatic carbocycles. The number of H-pyrrole nitrogens is 2. The topological polar surface area (TPSA) is 392 Å². The molecule has 0 unspecified atom stereocenters. The standard InChI is InChI=1S/C60H96N12O12S/c1-5-6-7-8-9-10-11-12-13-14-15-16-17-25-52(74)66-45(27-29-53(75)76)55(78)72-50(35-41-37-63-38-65-41)59(82)70-48(33-39(2)3)57(80)67-44(24-20-21-31-61)54(77)68-46(26-28-51(62)73)56(79)71-49(58(81)69-47(60(83)84)30-32-85-4)34-40-36-64-43-23-19-18-22-42(40)43/h18-19,22-23,36-39,44-50,64H,5-17,20-21,24-35,61H2,1-4H3,(H2,62,73)(H,63,65)(H,66,74)(H,67,80)(H,68,77)(H,69,81)(H,70,82)(H,71,79)(H,72,78)(H,75,76)(H,83,84)/t44-,45-,46-,47-,48-,49-,50-/m0/s1. The number of para-hydroxylation sites is 1. The van der Waals surface area contributed by atoms with Crippen LogP contribution in [0.4, 0.5) is 0 Å². The molecule has 474 valence electrons. The van der Waals surface area contributed by atoms with Crippen molar-refractivity contribution in [1.29, 1.82) is 0 Å². The molecule has 0 spiro atoms. The van der Waals surface area contributed by atoms with Gasteiger partial charge in [-0.15, -0.1) is 0 Å². The van der Waals surface area contributed by atoms with E-state index in [1.165, 1.54) is 75.7 Å². The molecule has 3 aromatic rings. The second kappa shape index (κ2) is 41.1. The lowest BCUT2D eigenvalue weighted by molar-refractivity contribution is -0.142. The van der Waals surface area contributed by atoms with Gasteiger partial charge < -0.3 is 68.9 Å². The molecule has 25 heteroatoms. The number of benzene rings is 1. The van der Waals surface area contributed by atoms with Crippen molar-refractivity contribution in [3.63, 3.8) is 0 Å². The van der Waals surface area contributed by atoms with Crippen LogP contribution in [0.3, 0.4) is 0 Å². The summed E-state index contributed by atoms with van der Waals surface area (Å²) in [6.45, 7) is 6.05. The van der Waals surface area contributed by atoms with Crippen molar-refractivity contribution in [3.05, 3.63) is 54.2 Å². The zero-order valence-electron chi connectivity index (χ0n) is 50.2. The number of nitrogens with zero attached hydrogens (tertiary/aromatic N) is 1. The van der Waals surface area contributed by atoms with Crippen LogP contribution in [0.1, 0.15) is 180 Å². The predicted molar refractivity (Wildman–Crippen MR) is 326 cm³/mol. The van der Waals surface area contributed by atoms with Gasteiger partial charge in [-0.1, -0.05) is 116 Å². The Morgan fingerprint density at radius 1 is 0.565 bits per heavy atom. The second-order valence-electron chi connectivity index (χ2n) is 22.3. The third kappa shape index (κ3) is 29.1. The fourth-order valence-electron chi connectivity index (χ4n) is 9.81. The molecule has 0 radical (unpaired) electrons. The minimum absolute atomic E-state index is 0.000803. The first-order chi connectivity index (χ1) is 40.8. The summed E-state index contributed by atoms with van der Waals surface area (Å²) in [5, 5.41) is 38.9. The number of thioether (sulfide) groups is 1. The summed E-state index contributed by atoms with van der Waals surface area (Å²) in [6.07, 6.45) is 20.1. The van der Waals surface area contributed by atoms with Gasteiger partial charge in [0.1, 0.15) is 42.3 Å². The van der Waals surface area contributed by atoms with Gasteiger partial charge >= 0.3 is 11.9 Å². The average molecular weight is 1210 g/mol. The molecule has 2 heterocycles. The van der Waals surface area contributed by atoms with Crippen LogP contribution in [0.15, 0.2) is 43.0 Å². The summed E-state index contributed by atoms with van der Waals surface area (Å²) >= 11 is 1.39.